The molecule has 2 N–H and O–H groups in total. The highest BCUT2D eigenvalue weighted by molar-refractivity contribution is 7.12. The number of esters is 1. The van der Waals surface area contributed by atoms with Crippen LogP contribution >= 0.6 is 11.3 Å². The fourth-order valence-corrected chi connectivity index (χ4v) is 2.51. The van der Waals surface area contributed by atoms with Gasteiger partial charge in [0.15, 0.2) is 5.69 Å². The number of nitrogens with one attached hydrogen (secondary N) is 1. The van der Waals surface area contributed by atoms with Crippen LogP contribution in [0.25, 0.3) is 0 Å². The summed E-state index contributed by atoms with van der Waals surface area (Å²) in [5.74, 6) is -1.34. The number of hydrogen-bond acceptors (Lipinski definition) is 6. The van der Waals surface area contributed by atoms with E-state index in [1.165, 1.54) is 36.8 Å². The van der Waals surface area contributed by atoms with Gasteiger partial charge in [-0.1, -0.05) is 0 Å². The molecule has 0 spiro atoms. The van der Waals surface area contributed by atoms with Crippen LogP contribution in [-0.2, 0) is 4.74 Å². The van der Waals surface area contributed by atoms with Gasteiger partial charge < -0.3 is 15.2 Å². The molecular weight excluding hydrogens is 280 g/mol. The topological polar surface area (TPSA) is 88.5 Å². The van der Waals surface area contributed by atoms with Crippen LogP contribution in [-0.4, -0.2) is 29.1 Å². The van der Waals surface area contributed by atoms with Crippen LogP contribution in [0.1, 0.15) is 25.7 Å². The Kier molecular flexibility index (Phi) is 3.99. The SMILES string of the molecule is COC(=O)c1scc(C)c1NC(=O)c1ncccc1O. The molecule has 0 unspecified atom stereocenters. The molecule has 7 heteroatoms. The van der Waals surface area contributed by atoms with Crippen LogP contribution in [0.5, 0.6) is 5.75 Å². The van der Waals surface area contributed by atoms with Crippen molar-refractivity contribution in [1.29, 1.82) is 0 Å². The fraction of sp³-hybridized carbons (Fsp3) is 0.154. The standard InChI is InChI=1S/C13H12N2O4S/c1-7-6-20-11(13(18)19-2)9(7)15-12(17)10-8(16)4-3-5-14-10/h3-6,16H,1-2H3,(H,15,17). The summed E-state index contributed by atoms with van der Waals surface area (Å²) in [5, 5.41) is 13.9. The molecule has 0 fully saturated rings. The monoisotopic (exact) mass is 292 g/mol. The van der Waals surface area contributed by atoms with Gasteiger partial charge >= 0.3 is 5.97 Å². The first-order valence-corrected chi connectivity index (χ1v) is 6.54. The lowest BCUT2D eigenvalue weighted by Gasteiger charge is -2.07. The molecule has 0 saturated heterocycles. The molecule has 0 aromatic carbocycles. The third-order valence-corrected chi connectivity index (χ3v) is 3.66. The highest BCUT2D eigenvalue weighted by Crippen LogP contribution is 2.29. The smallest absolute Gasteiger partial charge is 0.350 e. The second-order valence-corrected chi connectivity index (χ2v) is 4.82. The lowest BCUT2D eigenvalue weighted by molar-refractivity contribution is 0.0607. The number of aromatic nitrogens is 1. The van der Waals surface area contributed by atoms with Gasteiger partial charge in [-0.05, 0) is 30.0 Å². The van der Waals surface area contributed by atoms with E-state index in [9.17, 15) is 14.7 Å². The van der Waals surface area contributed by atoms with Crippen LogP contribution in [0.2, 0.25) is 0 Å². The largest absolute Gasteiger partial charge is 0.505 e. The Labute approximate surface area is 119 Å². The molecule has 0 bridgehead atoms. The average Bonchev–Trinajstić information content (AvgIpc) is 2.80. The molecule has 2 aromatic heterocycles. The van der Waals surface area contributed by atoms with Crippen molar-refractivity contribution in [2.45, 2.75) is 6.92 Å². The van der Waals surface area contributed by atoms with Crippen molar-refractivity contribution < 1.29 is 19.4 Å². The Hall–Kier alpha value is -2.41. The summed E-state index contributed by atoms with van der Waals surface area (Å²) in [6, 6.07) is 2.88. The maximum atomic E-state index is 12.1. The van der Waals surface area contributed by atoms with Gasteiger partial charge in [-0.15, -0.1) is 11.3 Å². The van der Waals surface area contributed by atoms with Crippen molar-refractivity contribution in [3.63, 3.8) is 0 Å². The number of nitrogens with zero attached hydrogens (tertiary/aromatic N) is 1. The van der Waals surface area contributed by atoms with Crippen LogP contribution in [0.3, 0.4) is 0 Å². The van der Waals surface area contributed by atoms with E-state index in [1.54, 1.807) is 12.3 Å². The van der Waals surface area contributed by atoms with Gasteiger partial charge in [0.05, 0.1) is 12.8 Å². The van der Waals surface area contributed by atoms with E-state index < -0.39 is 11.9 Å². The molecule has 2 heterocycles. The first-order chi connectivity index (χ1) is 9.54. The molecular formula is C13H12N2O4S. The highest BCUT2D eigenvalue weighted by Gasteiger charge is 2.20. The Morgan fingerprint density at radius 1 is 1.45 bits per heavy atom. The molecule has 104 valence electrons. The average molecular weight is 292 g/mol. The number of pyridine rings is 1. The molecule has 20 heavy (non-hydrogen) atoms. The summed E-state index contributed by atoms with van der Waals surface area (Å²) >= 11 is 1.18. The van der Waals surface area contributed by atoms with Gasteiger partial charge in [-0.2, -0.15) is 0 Å². The zero-order valence-electron chi connectivity index (χ0n) is 10.8. The number of rotatable bonds is 3. The maximum absolute atomic E-state index is 12.1. The molecule has 0 radical (unpaired) electrons. The van der Waals surface area contributed by atoms with Crippen molar-refractivity contribution in [3.8, 4) is 5.75 Å². The number of carbonyl (C=O) groups excluding carboxylic acids is 2. The predicted molar refractivity (Wildman–Crippen MR) is 74.3 cm³/mol. The van der Waals surface area contributed by atoms with E-state index in [0.717, 1.165) is 5.56 Å². The quantitative estimate of drug-likeness (QED) is 0.847. The van der Waals surface area contributed by atoms with Gasteiger partial charge in [-0.3, -0.25) is 4.79 Å². The summed E-state index contributed by atoms with van der Waals surface area (Å²) in [4.78, 5) is 27.8. The molecule has 2 rings (SSSR count). The third-order valence-electron chi connectivity index (χ3n) is 2.59. The van der Waals surface area contributed by atoms with Gasteiger partial charge in [0.25, 0.3) is 5.91 Å². The Balaban J connectivity index is 2.31. The van der Waals surface area contributed by atoms with Crippen LogP contribution in [0.15, 0.2) is 23.7 Å². The third kappa shape index (κ3) is 2.62. The number of methoxy groups -OCH3 is 1. The van der Waals surface area contributed by atoms with Crippen molar-refractivity contribution in [3.05, 3.63) is 39.8 Å². The number of ether oxygens (including phenoxy) is 1. The summed E-state index contributed by atoms with van der Waals surface area (Å²) in [6.07, 6.45) is 1.40. The van der Waals surface area contributed by atoms with Gasteiger partial charge in [0.2, 0.25) is 0 Å². The number of carbonyl (C=O) groups is 2. The second kappa shape index (κ2) is 5.70. The van der Waals surface area contributed by atoms with Crippen LogP contribution in [0.4, 0.5) is 5.69 Å². The summed E-state index contributed by atoms with van der Waals surface area (Å²) in [7, 11) is 1.27. The van der Waals surface area contributed by atoms with E-state index in [2.05, 4.69) is 15.0 Å². The predicted octanol–water partition coefficient (Wildman–Crippen LogP) is 2.20. The van der Waals surface area contributed by atoms with E-state index in [0.29, 0.717) is 10.6 Å². The maximum Gasteiger partial charge on any atom is 0.350 e. The lowest BCUT2D eigenvalue weighted by Crippen LogP contribution is -2.16. The number of aryl methyl sites for hydroxylation is 1. The van der Waals surface area contributed by atoms with E-state index >= 15 is 0 Å². The van der Waals surface area contributed by atoms with Crippen LogP contribution < -0.4 is 5.32 Å². The normalized spacial score (nSPS) is 10.1. The summed E-state index contributed by atoms with van der Waals surface area (Å²) in [5.41, 5.74) is 1.00. The van der Waals surface area contributed by atoms with Gasteiger partial charge in [0, 0.05) is 6.20 Å². The minimum atomic E-state index is -0.588. The molecule has 6 nitrogen and oxygen atoms in total. The van der Waals surface area contributed by atoms with E-state index in [-0.39, 0.29) is 11.4 Å². The van der Waals surface area contributed by atoms with Gasteiger partial charge in [0.1, 0.15) is 10.6 Å². The fourth-order valence-electron chi connectivity index (χ4n) is 1.59. The van der Waals surface area contributed by atoms with Crippen molar-refractivity contribution >= 4 is 28.9 Å². The van der Waals surface area contributed by atoms with Crippen molar-refractivity contribution in [1.82, 2.24) is 4.98 Å². The molecule has 0 aliphatic heterocycles. The minimum absolute atomic E-state index is 0.103. The molecule has 0 atom stereocenters. The summed E-state index contributed by atoms with van der Waals surface area (Å²) in [6.45, 7) is 1.76. The number of amides is 1. The Bertz CT molecular complexity index is 666. The molecule has 0 aliphatic rings. The number of hydrogen-bond donors (Lipinski definition) is 2. The Morgan fingerprint density at radius 3 is 2.85 bits per heavy atom. The second-order valence-electron chi connectivity index (χ2n) is 3.94. The first kappa shape index (κ1) is 14.0. The molecule has 2 aromatic rings. The zero-order chi connectivity index (χ0) is 14.7. The highest BCUT2D eigenvalue weighted by atomic mass is 32.1. The minimum Gasteiger partial charge on any atom is -0.505 e. The number of anilines is 1. The lowest BCUT2D eigenvalue weighted by atomic mass is 10.2. The van der Waals surface area contributed by atoms with Crippen LogP contribution in [0, 0.1) is 6.92 Å². The number of thiophene rings is 1. The molecule has 0 aliphatic carbocycles. The van der Waals surface area contributed by atoms with Crippen molar-refractivity contribution in [2.24, 2.45) is 0 Å². The van der Waals surface area contributed by atoms with Gasteiger partial charge in [-0.25, -0.2) is 9.78 Å². The van der Waals surface area contributed by atoms with Crippen molar-refractivity contribution in [2.75, 3.05) is 12.4 Å². The molecule has 1 amide bonds. The first-order valence-electron chi connectivity index (χ1n) is 5.66. The molecule has 0 saturated carbocycles. The zero-order valence-corrected chi connectivity index (χ0v) is 11.7. The summed E-state index contributed by atoms with van der Waals surface area (Å²) < 4.78 is 4.66. The van der Waals surface area contributed by atoms with E-state index in [4.69, 9.17) is 0 Å². The Morgan fingerprint density at radius 2 is 2.20 bits per heavy atom. The number of aromatic hydroxyl groups is 1. The van der Waals surface area contributed by atoms with E-state index in [1.807, 2.05) is 0 Å².